The molecule has 3 aromatic carbocycles. The van der Waals surface area contributed by atoms with Crippen LogP contribution in [0.5, 0.6) is 0 Å². The summed E-state index contributed by atoms with van der Waals surface area (Å²) in [5.41, 5.74) is 3.04. The lowest BCUT2D eigenvalue weighted by Crippen LogP contribution is -2.30. The Balaban J connectivity index is 1.40. The molecular formula is C29H25FN4O3. The molecule has 0 aliphatic heterocycles. The lowest BCUT2D eigenvalue weighted by molar-refractivity contribution is 0.0923. The van der Waals surface area contributed by atoms with Crippen LogP contribution in [0.15, 0.2) is 77.7 Å². The van der Waals surface area contributed by atoms with E-state index in [1.54, 1.807) is 18.3 Å². The second-order valence-corrected chi connectivity index (χ2v) is 9.48. The third kappa shape index (κ3) is 4.40. The average molecular weight is 497 g/mol. The number of benzene rings is 3. The molecule has 0 saturated heterocycles. The van der Waals surface area contributed by atoms with Crippen LogP contribution in [-0.4, -0.2) is 32.2 Å². The molecule has 1 atom stereocenters. The number of aliphatic hydroxyl groups is 1. The second-order valence-electron chi connectivity index (χ2n) is 9.48. The molecule has 37 heavy (non-hydrogen) atoms. The van der Waals surface area contributed by atoms with Gasteiger partial charge in [-0.2, -0.15) is 5.10 Å². The number of aliphatic hydroxyl groups excluding tert-OH is 1. The third-order valence-corrected chi connectivity index (χ3v) is 6.92. The number of H-pyrrole nitrogens is 1. The molecule has 2 aromatic heterocycles. The molecule has 6 rings (SSSR count). The molecule has 1 saturated carbocycles. The molecule has 0 radical (unpaired) electrons. The molecule has 1 aliphatic carbocycles. The first-order valence-electron chi connectivity index (χ1n) is 12.3. The van der Waals surface area contributed by atoms with Crippen molar-refractivity contribution in [2.45, 2.75) is 31.2 Å². The molecule has 1 fully saturated rings. The van der Waals surface area contributed by atoms with E-state index in [2.05, 4.69) is 15.4 Å². The van der Waals surface area contributed by atoms with Crippen LogP contribution in [0.25, 0.3) is 27.5 Å². The fraction of sp³-hybridized carbons (Fsp3) is 0.207. The molecule has 1 aliphatic rings. The highest BCUT2D eigenvalue weighted by atomic mass is 19.1. The van der Waals surface area contributed by atoms with Crippen molar-refractivity contribution < 1.29 is 14.3 Å². The van der Waals surface area contributed by atoms with Crippen molar-refractivity contribution >= 4 is 22.2 Å². The van der Waals surface area contributed by atoms with Crippen LogP contribution < -0.4 is 10.9 Å². The molecule has 8 heteroatoms. The van der Waals surface area contributed by atoms with Gasteiger partial charge in [-0.25, -0.2) is 8.91 Å². The number of aromatic nitrogens is 3. The number of aromatic amines is 1. The van der Waals surface area contributed by atoms with Gasteiger partial charge in [0.05, 0.1) is 17.9 Å². The van der Waals surface area contributed by atoms with Crippen LogP contribution in [0.2, 0.25) is 0 Å². The van der Waals surface area contributed by atoms with Gasteiger partial charge in [-0.1, -0.05) is 48.5 Å². The van der Waals surface area contributed by atoms with E-state index in [0.717, 1.165) is 29.2 Å². The van der Waals surface area contributed by atoms with Crippen LogP contribution in [0, 0.1) is 5.82 Å². The van der Waals surface area contributed by atoms with Gasteiger partial charge in [0.15, 0.2) is 5.69 Å². The maximum atomic E-state index is 13.5. The molecule has 0 unspecified atom stereocenters. The predicted octanol–water partition coefficient (Wildman–Crippen LogP) is 4.71. The summed E-state index contributed by atoms with van der Waals surface area (Å²) in [6, 6.07) is 19.2. The van der Waals surface area contributed by atoms with Gasteiger partial charge in [-0.3, -0.25) is 9.59 Å². The quantitative estimate of drug-likeness (QED) is 0.304. The molecule has 2 heterocycles. The fourth-order valence-electron chi connectivity index (χ4n) is 4.91. The Labute approximate surface area is 211 Å². The Hall–Kier alpha value is -4.30. The summed E-state index contributed by atoms with van der Waals surface area (Å²) >= 11 is 0. The highest BCUT2D eigenvalue weighted by Gasteiger charge is 2.34. The average Bonchev–Trinajstić information content (AvgIpc) is 3.67. The predicted molar refractivity (Wildman–Crippen MR) is 139 cm³/mol. The Bertz CT molecular complexity index is 1690. The third-order valence-electron chi connectivity index (χ3n) is 6.92. The lowest BCUT2D eigenvalue weighted by atomic mass is 10.0. The Morgan fingerprint density at radius 2 is 1.86 bits per heavy atom. The first-order valence-corrected chi connectivity index (χ1v) is 12.3. The highest BCUT2D eigenvalue weighted by Crippen LogP contribution is 2.43. The summed E-state index contributed by atoms with van der Waals surface area (Å²) in [5, 5.41) is 19.2. The SMILES string of the molecule is O=C(N[C@H](CCO)c1ccc(F)cc1)c1nn2cc(-c3ccc4ccccc4c3)[nH]c(=O)c2c1C1CC1. The van der Waals surface area contributed by atoms with Crippen molar-refractivity contribution in [3.8, 4) is 11.3 Å². The van der Waals surface area contributed by atoms with Crippen molar-refractivity contribution in [3.05, 3.63) is 106 Å². The van der Waals surface area contributed by atoms with Gasteiger partial charge in [0.2, 0.25) is 0 Å². The number of nitrogens with zero attached hydrogens (tertiary/aromatic N) is 2. The Morgan fingerprint density at radius 3 is 2.59 bits per heavy atom. The summed E-state index contributed by atoms with van der Waals surface area (Å²) in [6.07, 6.45) is 3.77. The number of fused-ring (bicyclic) bond motifs is 2. The number of nitrogens with one attached hydrogen (secondary N) is 2. The minimum Gasteiger partial charge on any atom is -0.396 e. The van der Waals surface area contributed by atoms with Crippen molar-refractivity contribution in [1.29, 1.82) is 0 Å². The number of hydrogen-bond acceptors (Lipinski definition) is 4. The minimum atomic E-state index is -0.526. The second kappa shape index (κ2) is 9.29. The molecule has 5 aromatic rings. The zero-order valence-electron chi connectivity index (χ0n) is 19.9. The first-order chi connectivity index (χ1) is 18.0. The molecular weight excluding hydrogens is 471 g/mol. The first kappa shape index (κ1) is 23.1. The maximum absolute atomic E-state index is 13.5. The number of halogens is 1. The highest BCUT2D eigenvalue weighted by molar-refractivity contribution is 5.96. The zero-order chi connectivity index (χ0) is 25.5. The summed E-state index contributed by atoms with van der Waals surface area (Å²) in [6.45, 7) is -0.155. The van der Waals surface area contributed by atoms with Crippen LogP contribution in [-0.2, 0) is 0 Å². The minimum absolute atomic E-state index is 0.0907. The maximum Gasteiger partial charge on any atom is 0.274 e. The molecule has 7 nitrogen and oxygen atoms in total. The van der Waals surface area contributed by atoms with E-state index in [-0.39, 0.29) is 36.0 Å². The van der Waals surface area contributed by atoms with Gasteiger partial charge >= 0.3 is 0 Å². The summed E-state index contributed by atoms with van der Waals surface area (Å²) in [5.74, 6) is -0.719. The number of amides is 1. The molecule has 186 valence electrons. The van der Waals surface area contributed by atoms with Crippen LogP contribution in [0.1, 0.15) is 52.8 Å². The standard InChI is InChI=1S/C29H25FN4O3/c30-22-11-9-18(10-12-22)23(13-14-35)31-28(36)26-25(19-6-7-19)27-29(37)32-24(16-34(27)33-26)21-8-5-17-3-1-2-4-20(17)15-21/h1-5,8-12,15-16,19,23,35H,6-7,13-14H2,(H,31,36)(H,32,37)/t23-/m1/s1. The van der Waals surface area contributed by atoms with Gasteiger partial charge < -0.3 is 15.4 Å². The largest absolute Gasteiger partial charge is 0.396 e. The van der Waals surface area contributed by atoms with Gasteiger partial charge in [0.1, 0.15) is 11.3 Å². The van der Waals surface area contributed by atoms with Crippen molar-refractivity contribution in [1.82, 2.24) is 19.9 Å². The van der Waals surface area contributed by atoms with Crippen LogP contribution >= 0.6 is 0 Å². The zero-order valence-corrected chi connectivity index (χ0v) is 19.9. The number of rotatable bonds is 7. The Kier molecular flexibility index (Phi) is 5.81. The molecule has 3 N–H and O–H groups in total. The fourth-order valence-corrected chi connectivity index (χ4v) is 4.91. The molecule has 0 spiro atoms. The van der Waals surface area contributed by atoms with E-state index in [1.165, 1.54) is 16.6 Å². The van der Waals surface area contributed by atoms with Gasteiger partial charge in [-0.15, -0.1) is 0 Å². The van der Waals surface area contributed by atoms with E-state index in [1.807, 2.05) is 42.5 Å². The van der Waals surface area contributed by atoms with Crippen molar-refractivity contribution in [2.75, 3.05) is 6.61 Å². The van der Waals surface area contributed by atoms with Gasteiger partial charge in [0.25, 0.3) is 11.5 Å². The van der Waals surface area contributed by atoms with Crippen LogP contribution in [0.4, 0.5) is 4.39 Å². The van der Waals surface area contributed by atoms with E-state index in [4.69, 9.17) is 0 Å². The normalized spacial score (nSPS) is 14.2. The Morgan fingerprint density at radius 1 is 1.11 bits per heavy atom. The van der Waals surface area contributed by atoms with E-state index >= 15 is 0 Å². The number of hydrogen-bond donors (Lipinski definition) is 3. The smallest absolute Gasteiger partial charge is 0.274 e. The lowest BCUT2D eigenvalue weighted by Gasteiger charge is -2.18. The van der Waals surface area contributed by atoms with Crippen molar-refractivity contribution in [2.24, 2.45) is 0 Å². The van der Waals surface area contributed by atoms with E-state index < -0.39 is 11.9 Å². The van der Waals surface area contributed by atoms with Crippen LogP contribution in [0.3, 0.4) is 0 Å². The van der Waals surface area contributed by atoms with Gasteiger partial charge in [-0.05, 0) is 59.7 Å². The number of carbonyl (C=O) groups is 1. The number of carbonyl (C=O) groups excluding carboxylic acids is 1. The summed E-state index contributed by atoms with van der Waals surface area (Å²) in [7, 11) is 0. The summed E-state index contributed by atoms with van der Waals surface area (Å²) < 4.78 is 14.9. The molecule has 1 amide bonds. The topological polar surface area (TPSA) is 99.5 Å². The molecule has 0 bridgehead atoms. The van der Waals surface area contributed by atoms with Gasteiger partial charge in [0, 0.05) is 17.7 Å². The summed E-state index contributed by atoms with van der Waals surface area (Å²) in [4.78, 5) is 29.7. The monoisotopic (exact) mass is 496 g/mol. The van der Waals surface area contributed by atoms with E-state index in [9.17, 15) is 19.1 Å². The van der Waals surface area contributed by atoms with Crippen molar-refractivity contribution in [3.63, 3.8) is 0 Å². The van der Waals surface area contributed by atoms with E-state index in [0.29, 0.717) is 22.3 Å².